The molecule has 4 nitrogen and oxygen atoms in total. The van der Waals surface area contributed by atoms with Crippen LogP contribution in [0, 0.1) is 0 Å². The first-order valence-electron chi connectivity index (χ1n) is 7.77. The number of likely N-dealkylation sites (tertiary alicyclic amines) is 1. The Morgan fingerprint density at radius 1 is 1.38 bits per heavy atom. The monoisotopic (exact) mass is 361 g/mol. The first-order valence-corrected chi connectivity index (χ1v) is 8.18. The summed E-state index contributed by atoms with van der Waals surface area (Å²) in [5, 5.41) is 3.84. The van der Waals surface area contributed by atoms with Gasteiger partial charge in [0.05, 0.1) is 18.7 Å². The molecule has 0 atom stereocenters. The third-order valence-corrected chi connectivity index (χ3v) is 4.06. The number of rotatable bonds is 6. The van der Waals surface area contributed by atoms with Gasteiger partial charge in [-0.3, -0.25) is 0 Å². The summed E-state index contributed by atoms with van der Waals surface area (Å²) in [6, 6.07) is 4.95. The Balaban J connectivity index is 1.72. The van der Waals surface area contributed by atoms with E-state index in [0.717, 1.165) is 31.6 Å². The molecular weight excluding hydrogens is 339 g/mol. The smallest absolute Gasteiger partial charge is 0.416 e. The van der Waals surface area contributed by atoms with Crippen molar-refractivity contribution in [3.63, 3.8) is 0 Å². The lowest BCUT2D eigenvalue weighted by Crippen LogP contribution is -2.58. The van der Waals surface area contributed by atoms with Crippen LogP contribution < -0.4 is 10.1 Å². The molecule has 1 N–H and O–H groups in total. The van der Waals surface area contributed by atoms with Gasteiger partial charge in [-0.25, -0.2) is 0 Å². The van der Waals surface area contributed by atoms with E-state index in [4.69, 9.17) is 17.0 Å². The standard InChI is InChI=1S/C16H22F3N3OS/c1-21(2)8-4-7-20-15(24)22-10-14(11-22)23-13-6-3-5-12(9-13)16(17,18)19/h3,5-6,9,14H,4,7-8,10-11H2,1-2H3,(H,20,24). The van der Waals surface area contributed by atoms with Gasteiger partial charge in [0, 0.05) is 6.54 Å². The van der Waals surface area contributed by atoms with Crippen molar-refractivity contribution >= 4 is 17.3 Å². The Bertz CT molecular complexity index is 560. The van der Waals surface area contributed by atoms with E-state index in [9.17, 15) is 13.2 Å². The Morgan fingerprint density at radius 3 is 2.71 bits per heavy atom. The SMILES string of the molecule is CN(C)CCCNC(=S)N1CC(Oc2cccc(C(F)(F)F)c2)C1. The molecule has 1 saturated heterocycles. The minimum atomic E-state index is -4.36. The minimum Gasteiger partial charge on any atom is -0.487 e. The Kier molecular flexibility index (Phi) is 6.28. The van der Waals surface area contributed by atoms with Crippen molar-refractivity contribution in [2.24, 2.45) is 0 Å². The highest BCUT2D eigenvalue weighted by atomic mass is 32.1. The number of benzene rings is 1. The molecule has 1 aliphatic heterocycles. The normalized spacial score (nSPS) is 15.3. The lowest BCUT2D eigenvalue weighted by Gasteiger charge is -2.40. The second-order valence-corrected chi connectivity index (χ2v) is 6.45. The van der Waals surface area contributed by atoms with Crippen molar-refractivity contribution in [2.45, 2.75) is 18.7 Å². The lowest BCUT2D eigenvalue weighted by molar-refractivity contribution is -0.137. The first-order chi connectivity index (χ1) is 11.3. The lowest BCUT2D eigenvalue weighted by atomic mass is 10.1. The Hall–Kier alpha value is -1.54. The highest BCUT2D eigenvalue weighted by molar-refractivity contribution is 7.80. The van der Waals surface area contributed by atoms with Gasteiger partial charge in [-0.15, -0.1) is 0 Å². The van der Waals surface area contributed by atoms with Crippen LogP contribution in [0.3, 0.4) is 0 Å². The van der Waals surface area contributed by atoms with E-state index < -0.39 is 11.7 Å². The maximum Gasteiger partial charge on any atom is 0.416 e. The second-order valence-electron chi connectivity index (χ2n) is 6.06. The molecule has 0 bridgehead atoms. The van der Waals surface area contributed by atoms with Crippen molar-refractivity contribution in [1.29, 1.82) is 0 Å². The first kappa shape index (κ1) is 18.8. The van der Waals surface area contributed by atoms with E-state index >= 15 is 0 Å². The van der Waals surface area contributed by atoms with Crippen molar-refractivity contribution < 1.29 is 17.9 Å². The third kappa shape index (κ3) is 5.52. The number of hydrogen-bond donors (Lipinski definition) is 1. The molecule has 1 aromatic rings. The molecule has 134 valence electrons. The molecule has 0 radical (unpaired) electrons. The Labute approximate surface area is 145 Å². The summed E-state index contributed by atoms with van der Waals surface area (Å²) in [7, 11) is 4.03. The van der Waals surface area contributed by atoms with Gasteiger partial charge in [-0.05, 0) is 57.5 Å². The molecule has 8 heteroatoms. The molecule has 0 spiro atoms. The predicted molar refractivity (Wildman–Crippen MR) is 91.2 cm³/mol. The molecule has 2 rings (SSSR count). The van der Waals surface area contributed by atoms with Gasteiger partial charge >= 0.3 is 6.18 Å². The van der Waals surface area contributed by atoms with Gasteiger partial charge in [-0.2, -0.15) is 13.2 Å². The molecule has 0 unspecified atom stereocenters. The van der Waals surface area contributed by atoms with Gasteiger partial charge in [0.1, 0.15) is 11.9 Å². The van der Waals surface area contributed by atoms with Crippen LogP contribution in [0.2, 0.25) is 0 Å². The number of alkyl halides is 3. The van der Waals surface area contributed by atoms with Crippen molar-refractivity contribution in [3.8, 4) is 5.75 Å². The summed E-state index contributed by atoms with van der Waals surface area (Å²) in [6.07, 6.45) is -3.51. The van der Waals surface area contributed by atoms with Crippen LogP contribution >= 0.6 is 12.2 Å². The maximum atomic E-state index is 12.7. The fourth-order valence-electron chi connectivity index (χ4n) is 2.32. The number of hydrogen-bond acceptors (Lipinski definition) is 3. The fourth-order valence-corrected chi connectivity index (χ4v) is 2.57. The van der Waals surface area contributed by atoms with Crippen LogP contribution in [0.15, 0.2) is 24.3 Å². The molecule has 0 saturated carbocycles. The fraction of sp³-hybridized carbons (Fsp3) is 0.562. The molecule has 0 aliphatic carbocycles. The predicted octanol–water partition coefficient (Wildman–Crippen LogP) is 2.59. The highest BCUT2D eigenvalue weighted by Crippen LogP contribution is 2.31. The quantitative estimate of drug-likeness (QED) is 0.621. The summed E-state index contributed by atoms with van der Waals surface area (Å²) in [5.41, 5.74) is -0.700. The molecule has 24 heavy (non-hydrogen) atoms. The van der Waals surface area contributed by atoms with Crippen LogP contribution in [0.4, 0.5) is 13.2 Å². The van der Waals surface area contributed by atoms with Crippen LogP contribution in [0.25, 0.3) is 0 Å². The summed E-state index contributed by atoms with van der Waals surface area (Å²) in [6.45, 7) is 2.94. The summed E-state index contributed by atoms with van der Waals surface area (Å²) in [4.78, 5) is 4.05. The molecule has 1 aromatic carbocycles. The van der Waals surface area contributed by atoms with Crippen LogP contribution in [0.1, 0.15) is 12.0 Å². The van der Waals surface area contributed by atoms with Crippen LogP contribution in [0.5, 0.6) is 5.75 Å². The number of thiocarbonyl (C=S) groups is 1. The molecule has 1 fully saturated rings. The average Bonchev–Trinajstić information content (AvgIpc) is 2.46. The molecule has 1 aliphatic rings. The van der Waals surface area contributed by atoms with Crippen molar-refractivity contribution in [2.75, 3.05) is 40.3 Å². The number of nitrogens with one attached hydrogen (secondary N) is 1. The largest absolute Gasteiger partial charge is 0.487 e. The van der Waals surface area contributed by atoms with E-state index in [-0.39, 0.29) is 11.9 Å². The van der Waals surface area contributed by atoms with Gasteiger partial charge < -0.3 is 19.9 Å². The van der Waals surface area contributed by atoms with Crippen LogP contribution in [-0.2, 0) is 6.18 Å². The van der Waals surface area contributed by atoms with Crippen molar-refractivity contribution in [3.05, 3.63) is 29.8 Å². The molecule has 0 aromatic heterocycles. The highest BCUT2D eigenvalue weighted by Gasteiger charge is 2.33. The maximum absolute atomic E-state index is 12.7. The van der Waals surface area contributed by atoms with E-state index in [1.165, 1.54) is 12.1 Å². The average molecular weight is 361 g/mol. The zero-order valence-corrected chi connectivity index (χ0v) is 14.6. The summed E-state index contributed by atoms with van der Waals surface area (Å²) in [5.74, 6) is 0.235. The zero-order chi connectivity index (χ0) is 17.7. The Morgan fingerprint density at radius 2 is 2.08 bits per heavy atom. The van der Waals surface area contributed by atoms with Gasteiger partial charge in [0.25, 0.3) is 0 Å². The van der Waals surface area contributed by atoms with Crippen LogP contribution in [-0.4, -0.2) is 61.3 Å². The van der Waals surface area contributed by atoms with E-state index in [1.54, 1.807) is 0 Å². The molecular formula is C16H22F3N3OS. The van der Waals surface area contributed by atoms with Gasteiger partial charge in [0.2, 0.25) is 0 Å². The number of nitrogens with zero attached hydrogens (tertiary/aromatic N) is 2. The van der Waals surface area contributed by atoms with E-state index in [0.29, 0.717) is 18.2 Å². The third-order valence-electron chi connectivity index (χ3n) is 3.66. The van der Waals surface area contributed by atoms with Gasteiger partial charge in [-0.1, -0.05) is 6.07 Å². The molecule has 0 amide bonds. The summed E-state index contributed by atoms with van der Waals surface area (Å²) < 4.78 is 43.6. The van der Waals surface area contributed by atoms with Gasteiger partial charge in [0.15, 0.2) is 5.11 Å². The van der Waals surface area contributed by atoms with E-state index in [2.05, 4.69) is 10.2 Å². The number of halogens is 3. The molecule has 1 heterocycles. The topological polar surface area (TPSA) is 27.7 Å². The number of ether oxygens (including phenoxy) is 1. The van der Waals surface area contributed by atoms with Crippen molar-refractivity contribution in [1.82, 2.24) is 15.1 Å². The van der Waals surface area contributed by atoms with E-state index in [1.807, 2.05) is 19.0 Å². The summed E-state index contributed by atoms with van der Waals surface area (Å²) >= 11 is 5.29. The second kappa shape index (κ2) is 8.02. The minimum absolute atomic E-state index is 0.144. The zero-order valence-electron chi connectivity index (χ0n) is 13.8.